The molecule has 0 atom stereocenters. The van der Waals surface area contributed by atoms with Crippen LogP contribution < -0.4 is 4.90 Å². The Morgan fingerprint density at radius 3 is 1.62 bits per heavy atom. The summed E-state index contributed by atoms with van der Waals surface area (Å²) >= 11 is 0. The molecule has 10 aromatic carbocycles. The first kappa shape index (κ1) is 34.9. The van der Waals surface area contributed by atoms with E-state index in [9.17, 15) is 0 Å². The van der Waals surface area contributed by atoms with Gasteiger partial charge in [-0.1, -0.05) is 164 Å². The van der Waals surface area contributed by atoms with Crippen molar-refractivity contribution in [2.24, 2.45) is 0 Å². The van der Waals surface area contributed by atoms with Crippen molar-refractivity contribution in [3.63, 3.8) is 0 Å². The van der Waals surface area contributed by atoms with Crippen LogP contribution in [0.3, 0.4) is 0 Å². The first-order valence-corrected chi connectivity index (χ1v) is 20.7. The molecule has 2 heterocycles. The van der Waals surface area contributed by atoms with Crippen LogP contribution in [-0.2, 0) is 0 Å². The number of furan rings is 2. The zero-order valence-electron chi connectivity index (χ0n) is 33.1. The maximum Gasteiger partial charge on any atom is 0.143 e. The van der Waals surface area contributed by atoms with Crippen LogP contribution in [0.1, 0.15) is 0 Å². The molecule has 0 saturated heterocycles. The minimum atomic E-state index is 0.884. The molecular weight excluding hydrogens is 743 g/mol. The molecule has 0 N–H and O–H groups in total. The summed E-state index contributed by atoms with van der Waals surface area (Å²) in [6.07, 6.45) is 0. The fraction of sp³-hybridized carbons (Fsp3) is 0. The van der Waals surface area contributed by atoms with Gasteiger partial charge in [-0.25, -0.2) is 0 Å². The SMILES string of the molecule is c1cc(-c2ccc(N(c3ccc(-c4cccc5c4oc4ccccc45)cc3)c3ccccc3-c3ccc4oc5ccccc5c4c3)cc2)cc(-c2cccc3ccccc23)c1. The molecule has 0 radical (unpaired) electrons. The highest BCUT2D eigenvalue weighted by Crippen LogP contribution is 2.44. The van der Waals surface area contributed by atoms with E-state index in [2.05, 4.69) is 205 Å². The number of rotatable bonds is 7. The molecule has 12 rings (SSSR count). The normalized spacial score (nSPS) is 11.6. The Morgan fingerprint density at radius 1 is 0.279 bits per heavy atom. The van der Waals surface area contributed by atoms with Crippen LogP contribution >= 0.6 is 0 Å². The fourth-order valence-corrected chi connectivity index (χ4v) is 9.14. The predicted octanol–water partition coefficient (Wildman–Crippen LogP) is 16.8. The molecule has 0 bridgehead atoms. The molecule has 0 amide bonds. The van der Waals surface area contributed by atoms with Crippen molar-refractivity contribution in [3.05, 3.63) is 224 Å². The Bertz CT molecular complexity index is 3590. The average molecular weight is 780 g/mol. The van der Waals surface area contributed by atoms with Gasteiger partial charge >= 0.3 is 0 Å². The average Bonchev–Trinajstić information content (AvgIpc) is 3.91. The second kappa shape index (κ2) is 14.3. The first-order chi connectivity index (χ1) is 30.2. The highest BCUT2D eigenvalue weighted by atomic mass is 16.3. The van der Waals surface area contributed by atoms with Gasteiger partial charge in [0.15, 0.2) is 0 Å². The molecule has 12 aromatic rings. The van der Waals surface area contributed by atoms with E-state index in [1.807, 2.05) is 24.3 Å². The van der Waals surface area contributed by atoms with E-state index in [0.717, 1.165) is 88.8 Å². The lowest BCUT2D eigenvalue weighted by Gasteiger charge is -2.28. The summed E-state index contributed by atoms with van der Waals surface area (Å²) in [6.45, 7) is 0. The van der Waals surface area contributed by atoms with Gasteiger partial charge in [0.2, 0.25) is 0 Å². The van der Waals surface area contributed by atoms with E-state index in [0.29, 0.717) is 0 Å². The van der Waals surface area contributed by atoms with Gasteiger partial charge in [0.05, 0.1) is 5.69 Å². The van der Waals surface area contributed by atoms with Gasteiger partial charge < -0.3 is 13.7 Å². The molecule has 0 spiro atoms. The van der Waals surface area contributed by atoms with Crippen molar-refractivity contribution in [1.82, 2.24) is 0 Å². The van der Waals surface area contributed by atoms with Gasteiger partial charge in [-0.2, -0.15) is 0 Å². The molecule has 3 heteroatoms. The van der Waals surface area contributed by atoms with Gasteiger partial charge in [0.25, 0.3) is 0 Å². The van der Waals surface area contributed by atoms with Gasteiger partial charge in [-0.3, -0.25) is 0 Å². The summed E-state index contributed by atoms with van der Waals surface area (Å²) in [4.78, 5) is 2.37. The Morgan fingerprint density at radius 2 is 0.803 bits per heavy atom. The number of hydrogen-bond donors (Lipinski definition) is 0. The third kappa shape index (κ3) is 5.98. The molecule has 2 aromatic heterocycles. The van der Waals surface area contributed by atoms with Crippen molar-refractivity contribution in [2.75, 3.05) is 4.90 Å². The highest BCUT2D eigenvalue weighted by molar-refractivity contribution is 6.10. The minimum absolute atomic E-state index is 0.884. The summed E-state index contributed by atoms with van der Waals surface area (Å²) in [5, 5.41) is 6.97. The van der Waals surface area contributed by atoms with E-state index < -0.39 is 0 Å². The Balaban J connectivity index is 0.975. The van der Waals surface area contributed by atoms with Gasteiger partial charge in [0, 0.05) is 44.0 Å². The molecular formula is C58H37NO2. The van der Waals surface area contributed by atoms with Crippen LogP contribution in [0, 0.1) is 0 Å². The van der Waals surface area contributed by atoms with E-state index in [-0.39, 0.29) is 0 Å². The number of benzene rings is 10. The van der Waals surface area contributed by atoms with Crippen LogP contribution in [0.25, 0.3) is 99.2 Å². The summed E-state index contributed by atoms with van der Waals surface area (Å²) in [6, 6.07) is 80.0. The van der Waals surface area contributed by atoms with Crippen LogP contribution in [0.15, 0.2) is 233 Å². The van der Waals surface area contributed by atoms with Gasteiger partial charge in [0.1, 0.15) is 22.3 Å². The molecule has 61 heavy (non-hydrogen) atoms. The second-order valence-electron chi connectivity index (χ2n) is 15.6. The van der Waals surface area contributed by atoms with E-state index in [1.54, 1.807) is 0 Å². The summed E-state index contributed by atoms with van der Waals surface area (Å²) in [5.41, 5.74) is 15.9. The number of anilines is 3. The quantitative estimate of drug-likeness (QED) is 0.161. The number of hydrogen-bond acceptors (Lipinski definition) is 3. The number of nitrogens with zero attached hydrogens (tertiary/aromatic N) is 1. The lowest BCUT2D eigenvalue weighted by molar-refractivity contribution is 0.669. The molecule has 3 nitrogen and oxygen atoms in total. The zero-order chi connectivity index (χ0) is 40.3. The molecule has 0 fully saturated rings. The highest BCUT2D eigenvalue weighted by Gasteiger charge is 2.20. The summed E-state index contributed by atoms with van der Waals surface area (Å²) in [7, 11) is 0. The van der Waals surface area contributed by atoms with E-state index >= 15 is 0 Å². The van der Waals surface area contributed by atoms with Crippen LogP contribution in [0.5, 0.6) is 0 Å². The standard InChI is InChI=1S/C58H37NO2/c1-2-16-46-39(12-1)13-10-20-47(46)42-15-9-14-41(36-42)38-26-31-44(32-27-38)59(45-33-28-40(29-34-45)49-21-11-22-52-50-18-4-8-25-56(50)61-58(49)52)54-23-6-3-17-48(54)43-30-35-57-53(37-43)51-19-5-7-24-55(51)60-57/h1-37H. The maximum atomic E-state index is 6.45. The molecule has 0 unspecified atom stereocenters. The van der Waals surface area contributed by atoms with Crippen molar-refractivity contribution < 1.29 is 8.83 Å². The van der Waals surface area contributed by atoms with E-state index in [1.165, 1.54) is 27.5 Å². The lowest BCUT2D eigenvalue weighted by Crippen LogP contribution is -2.11. The Hall–Kier alpha value is -8.14. The minimum Gasteiger partial charge on any atom is -0.456 e. The Kier molecular flexibility index (Phi) is 8.17. The van der Waals surface area contributed by atoms with Crippen molar-refractivity contribution in [3.8, 4) is 44.5 Å². The monoisotopic (exact) mass is 779 g/mol. The smallest absolute Gasteiger partial charge is 0.143 e. The van der Waals surface area contributed by atoms with Gasteiger partial charge in [-0.15, -0.1) is 0 Å². The molecule has 0 aliphatic rings. The van der Waals surface area contributed by atoms with Crippen LogP contribution in [0.2, 0.25) is 0 Å². The topological polar surface area (TPSA) is 29.5 Å². The predicted molar refractivity (Wildman–Crippen MR) is 255 cm³/mol. The molecule has 0 aliphatic carbocycles. The molecule has 0 aliphatic heterocycles. The van der Waals surface area contributed by atoms with Crippen molar-refractivity contribution in [2.45, 2.75) is 0 Å². The third-order valence-corrected chi connectivity index (χ3v) is 12.1. The summed E-state index contributed by atoms with van der Waals surface area (Å²) in [5.74, 6) is 0. The second-order valence-corrected chi connectivity index (χ2v) is 15.6. The van der Waals surface area contributed by atoms with E-state index in [4.69, 9.17) is 8.83 Å². The number of fused-ring (bicyclic) bond motifs is 7. The lowest BCUT2D eigenvalue weighted by atomic mass is 9.95. The van der Waals surface area contributed by atoms with Crippen molar-refractivity contribution in [1.29, 1.82) is 0 Å². The van der Waals surface area contributed by atoms with Crippen LogP contribution in [0.4, 0.5) is 17.1 Å². The van der Waals surface area contributed by atoms with Gasteiger partial charge in [-0.05, 0) is 105 Å². The fourth-order valence-electron chi connectivity index (χ4n) is 9.14. The first-order valence-electron chi connectivity index (χ1n) is 20.7. The molecule has 0 saturated carbocycles. The number of para-hydroxylation sites is 4. The molecule has 286 valence electrons. The Labute approximate surface area is 353 Å². The van der Waals surface area contributed by atoms with Crippen LogP contribution in [-0.4, -0.2) is 0 Å². The largest absolute Gasteiger partial charge is 0.456 e. The zero-order valence-corrected chi connectivity index (χ0v) is 33.1. The maximum absolute atomic E-state index is 6.45. The summed E-state index contributed by atoms with van der Waals surface area (Å²) < 4.78 is 12.7. The third-order valence-electron chi connectivity index (χ3n) is 12.1. The van der Waals surface area contributed by atoms with Crippen molar-refractivity contribution >= 4 is 71.7 Å².